The fourth-order valence-electron chi connectivity index (χ4n) is 2.96. The molecule has 6 heteroatoms. The van der Waals surface area contributed by atoms with Gasteiger partial charge in [0.05, 0.1) is 11.8 Å². The fraction of sp³-hybridized carbons (Fsp3) is 0.375. The van der Waals surface area contributed by atoms with E-state index in [0.29, 0.717) is 24.2 Å². The Morgan fingerprint density at radius 2 is 2.18 bits per heavy atom. The number of benzene rings is 1. The SMILES string of the molecule is Cn1cc(C(=O)N2CCC[C@H](c3cc(F)ccc3F)C2)cn1. The molecule has 1 amide bonds. The molecule has 2 aromatic rings. The minimum absolute atomic E-state index is 0.116. The summed E-state index contributed by atoms with van der Waals surface area (Å²) < 4.78 is 28.9. The average molecular weight is 305 g/mol. The number of hydrogen-bond acceptors (Lipinski definition) is 2. The highest BCUT2D eigenvalue weighted by molar-refractivity contribution is 5.93. The van der Waals surface area contributed by atoms with E-state index < -0.39 is 11.6 Å². The third kappa shape index (κ3) is 2.86. The third-order valence-corrected chi connectivity index (χ3v) is 4.06. The highest BCUT2D eigenvalue weighted by Crippen LogP contribution is 2.29. The average Bonchev–Trinajstić information content (AvgIpc) is 2.95. The lowest BCUT2D eigenvalue weighted by Gasteiger charge is -2.33. The standard InChI is InChI=1S/C16H17F2N3O/c1-20-9-12(8-19-20)16(22)21-6-2-3-11(10-21)14-7-13(17)4-5-15(14)18/h4-5,7-9,11H,2-3,6,10H2,1H3/t11-/m0/s1. The molecule has 1 atom stereocenters. The minimum Gasteiger partial charge on any atom is -0.338 e. The van der Waals surface area contributed by atoms with E-state index >= 15 is 0 Å². The van der Waals surface area contributed by atoms with E-state index in [0.717, 1.165) is 25.0 Å². The third-order valence-electron chi connectivity index (χ3n) is 4.06. The maximum absolute atomic E-state index is 13.9. The summed E-state index contributed by atoms with van der Waals surface area (Å²) in [4.78, 5) is 14.1. The Balaban J connectivity index is 1.79. The van der Waals surface area contributed by atoms with E-state index in [2.05, 4.69) is 5.10 Å². The molecule has 0 N–H and O–H groups in total. The Labute approximate surface area is 127 Å². The van der Waals surface area contributed by atoms with Crippen LogP contribution < -0.4 is 0 Å². The molecule has 1 aromatic heterocycles. The van der Waals surface area contributed by atoms with E-state index in [4.69, 9.17) is 0 Å². The zero-order valence-electron chi connectivity index (χ0n) is 12.3. The van der Waals surface area contributed by atoms with Crippen LogP contribution in [0.2, 0.25) is 0 Å². The Morgan fingerprint density at radius 1 is 1.36 bits per heavy atom. The monoisotopic (exact) mass is 305 g/mol. The van der Waals surface area contributed by atoms with Gasteiger partial charge in [-0.25, -0.2) is 8.78 Å². The second-order valence-corrected chi connectivity index (χ2v) is 5.66. The van der Waals surface area contributed by atoms with E-state index in [9.17, 15) is 13.6 Å². The molecule has 1 aliphatic rings. The van der Waals surface area contributed by atoms with Gasteiger partial charge in [-0.3, -0.25) is 9.48 Å². The first-order chi connectivity index (χ1) is 10.5. The molecule has 2 heterocycles. The number of amides is 1. The summed E-state index contributed by atoms with van der Waals surface area (Å²) in [6.07, 6.45) is 4.70. The fourth-order valence-corrected chi connectivity index (χ4v) is 2.96. The van der Waals surface area contributed by atoms with Crippen molar-refractivity contribution in [1.82, 2.24) is 14.7 Å². The molecule has 0 saturated carbocycles. The van der Waals surface area contributed by atoms with E-state index in [1.54, 1.807) is 22.8 Å². The quantitative estimate of drug-likeness (QED) is 0.855. The molecule has 1 fully saturated rings. The van der Waals surface area contributed by atoms with Crippen molar-refractivity contribution in [3.63, 3.8) is 0 Å². The van der Waals surface area contributed by atoms with Crippen LogP contribution in [0.1, 0.15) is 34.7 Å². The van der Waals surface area contributed by atoms with Crippen molar-refractivity contribution in [2.24, 2.45) is 7.05 Å². The lowest BCUT2D eigenvalue weighted by atomic mass is 9.90. The largest absolute Gasteiger partial charge is 0.338 e. The second kappa shape index (κ2) is 5.87. The molecule has 0 radical (unpaired) electrons. The maximum atomic E-state index is 13.9. The van der Waals surface area contributed by atoms with Gasteiger partial charge < -0.3 is 4.90 Å². The summed E-state index contributed by atoms with van der Waals surface area (Å²) in [6.45, 7) is 1.02. The molecule has 4 nitrogen and oxygen atoms in total. The summed E-state index contributed by atoms with van der Waals surface area (Å²) in [7, 11) is 1.75. The number of halogens is 2. The predicted molar refractivity (Wildman–Crippen MR) is 77.4 cm³/mol. The first kappa shape index (κ1) is 14.7. The lowest BCUT2D eigenvalue weighted by Crippen LogP contribution is -2.39. The smallest absolute Gasteiger partial charge is 0.257 e. The second-order valence-electron chi connectivity index (χ2n) is 5.66. The zero-order chi connectivity index (χ0) is 15.7. The van der Waals surface area contributed by atoms with Crippen LogP contribution in [0.25, 0.3) is 0 Å². The Bertz CT molecular complexity index is 698. The molecule has 0 unspecified atom stereocenters. The number of hydrogen-bond donors (Lipinski definition) is 0. The van der Waals surface area contributed by atoms with Crippen LogP contribution in [-0.2, 0) is 7.05 Å². The summed E-state index contributed by atoms with van der Waals surface area (Å²) in [5.41, 5.74) is 0.867. The van der Waals surface area contributed by atoms with Crippen molar-refractivity contribution in [3.05, 3.63) is 53.4 Å². The van der Waals surface area contributed by atoms with Gasteiger partial charge in [0.1, 0.15) is 11.6 Å². The van der Waals surface area contributed by atoms with Gasteiger partial charge in [-0.1, -0.05) is 0 Å². The van der Waals surface area contributed by atoms with Crippen LogP contribution in [0.4, 0.5) is 8.78 Å². The number of carbonyl (C=O) groups excluding carboxylic acids is 1. The summed E-state index contributed by atoms with van der Waals surface area (Å²) >= 11 is 0. The molecule has 22 heavy (non-hydrogen) atoms. The van der Waals surface area contributed by atoms with Gasteiger partial charge in [-0.15, -0.1) is 0 Å². The van der Waals surface area contributed by atoms with Gasteiger partial charge in [-0.05, 0) is 36.6 Å². The van der Waals surface area contributed by atoms with Gasteiger partial charge in [0, 0.05) is 32.3 Å². The van der Waals surface area contributed by atoms with Crippen molar-refractivity contribution < 1.29 is 13.6 Å². The number of carbonyl (C=O) groups is 1. The van der Waals surface area contributed by atoms with Crippen LogP contribution in [0.15, 0.2) is 30.6 Å². The minimum atomic E-state index is -0.452. The lowest BCUT2D eigenvalue weighted by molar-refractivity contribution is 0.0705. The predicted octanol–water partition coefficient (Wildman–Crippen LogP) is 2.72. The number of likely N-dealkylation sites (tertiary alicyclic amines) is 1. The van der Waals surface area contributed by atoms with Crippen LogP contribution in [0.3, 0.4) is 0 Å². The molecular formula is C16H17F2N3O. The van der Waals surface area contributed by atoms with Crippen molar-refractivity contribution in [2.75, 3.05) is 13.1 Å². The van der Waals surface area contributed by atoms with Crippen LogP contribution in [-0.4, -0.2) is 33.7 Å². The molecule has 0 aliphatic carbocycles. The molecular weight excluding hydrogens is 288 g/mol. The molecule has 0 bridgehead atoms. The summed E-state index contributed by atoms with van der Waals surface area (Å²) in [5, 5.41) is 4.00. The van der Waals surface area contributed by atoms with Gasteiger partial charge in [0.15, 0.2) is 0 Å². The summed E-state index contributed by atoms with van der Waals surface area (Å²) in [6, 6.07) is 3.49. The van der Waals surface area contributed by atoms with Crippen molar-refractivity contribution in [1.29, 1.82) is 0 Å². The zero-order valence-corrected chi connectivity index (χ0v) is 12.3. The maximum Gasteiger partial charge on any atom is 0.257 e. The molecule has 116 valence electrons. The van der Waals surface area contributed by atoms with Gasteiger partial charge >= 0.3 is 0 Å². The molecule has 1 saturated heterocycles. The topological polar surface area (TPSA) is 38.1 Å². The number of aryl methyl sites for hydroxylation is 1. The van der Waals surface area contributed by atoms with Crippen LogP contribution >= 0.6 is 0 Å². The highest BCUT2D eigenvalue weighted by Gasteiger charge is 2.27. The van der Waals surface area contributed by atoms with Crippen molar-refractivity contribution in [2.45, 2.75) is 18.8 Å². The van der Waals surface area contributed by atoms with Crippen molar-refractivity contribution in [3.8, 4) is 0 Å². The van der Waals surface area contributed by atoms with E-state index in [1.807, 2.05) is 0 Å². The first-order valence-electron chi connectivity index (χ1n) is 7.27. The Hall–Kier alpha value is -2.24. The molecule has 3 rings (SSSR count). The van der Waals surface area contributed by atoms with E-state index in [1.165, 1.54) is 12.3 Å². The van der Waals surface area contributed by atoms with Gasteiger partial charge in [-0.2, -0.15) is 5.10 Å². The van der Waals surface area contributed by atoms with E-state index in [-0.39, 0.29) is 11.8 Å². The number of nitrogens with zero attached hydrogens (tertiary/aromatic N) is 3. The normalized spacial score (nSPS) is 18.5. The van der Waals surface area contributed by atoms with Gasteiger partial charge in [0.2, 0.25) is 0 Å². The number of piperidine rings is 1. The molecule has 0 spiro atoms. The van der Waals surface area contributed by atoms with Crippen LogP contribution in [0, 0.1) is 11.6 Å². The number of aromatic nitrogens is 2. The molecule has 1 aromatic carbocycles. The van der Waals surface area contributed by atoms with Crippen LogP contribution in [0.5, 0.6) is 0 Å². The molecule has 1 aliphatic heterocycles. The summed E-state index contributed by atoms with van der Waals surface area (Å²) in [5.74, 6) is -1.16. The highest BCUT2D eigenvalue weighted by atomic mass is 19.1. The Morgan fingerprint density at radius 3 is 2.91 bits per heavy atom. The first-order valence-corrected chi connectivity index (χ1v) is 7.27. The van der Waals surface area contributed by atoms with Crippen molar-refractivity contribution >= 4 is 5.91 Å². The van der Waals surface area contributed by atoms with Gasteiger partial charge in [0.25, 0.3) is 5.91 Å². The number of rotatable bonds is 2. The Kier molecular flexibility index (Phi) is 3.92.